The molecular formula is C14H13ClN2O2. The number of methoxy groups -OCH3 is 1. The van der Waals surface area contributed by atoms with Crippen molar-refractivity contribution in [2.45, 2.75) is 18.8 Å². The summed E-state index contributed by atoms with van der Waals surface area (Å²) in [6, 6.07) is 6.84. The number of nitrogens with zero attached hydrogens (tertiary/aromatic N) is 2. The van der Waals surface area contributed by atoms with Gasteiger partial charge in [-0.3, -0.25) is 0 Å². The van der Waals surface area contributed by atoms with E-state index in [1.807, 2.05) is 6.07 Å². The molecule has 0 atom stereocenters. The van der Waals surface area contributed by atoms with Crippen molar-refractivity contribution in [1.82, 2.24) is 9.97 Å². The van der Waals surface area contributed by atoms with Crippen LogP contribution < -0.4 is 4.74 Å². The van der Waals surface area contributed by atoms with Gasteiger partial charge in [-0.1, -0.05) is 11.6 Å². The van der Waals surface area contributed by atoms with Gasteiger partial charge >= 0.3 is 0 Å². The number of hydrogen-bond donors (Lipinski definition) is 1. The molecule has 1 heterocycles. The monoisotopic (exact) mass is 276 g/mol. The quantitative estimate of drug-likeness (QED) is 0.873. The summed E-state index contributed by atoms with van der Waals surface area (Å²) in [5.41, 5.74) is 1.76. The molecule has 2 aromatic rings. The minimum Gasteiger partial charge on any atom is -0.504 e. The first-order valence-electron chi connectivity index (χ1n) is 6.09. The number of rotatable bonds is 3. The lowest BCUT2D eigenvalue weighted by atomic mass is 10.1. The third-order valence-electron chi connectivity index (χ3n) is 3.15. The summed E-state index contributed by atoms with van der Waals surface area (Å²) < 4.78 is 5.09. The highest BCUT2D eigenvalue weighted by molar-refractivity contribution is 6.29. The summed E-state index contributed by atoms with van der Waals surface area (Å²) in [7, 11) is 1.51. The van der Waals surface area contributed by atoms with Crippen molar-refractivity contribution in [3.05, 3.63) is 35.1 Å². The minimum absolute atomic E-state index is 0.0932. The fourth-order valence-electron chi connectivity index (χ4n) is 1.97. The van der Waals surface area contributed by atoms with E-state index in [1.165, 1.54) is 7.11 Å². The van der Waals surface area contributed by atoms with Gasteiger partial charge in [-0.2, -0.15) is 0 Å². The number of halogens is 1. The summed E-state index contributed by atoms with van der Waals surface area (Å²) in [5, 5.41) is 10.0. The van der Waals surface area contributed by atoms with Crippen LogP contribution in [0.25, 0.3) is 11.4 Å². The molecule has 1 fully saturated rings. The predicted molar refractivity (Wildman–Crippen MR) is 72.7 cm³/mol. The number of aromatic hydroxyl groups is 1. The number of aromatic nitrogens is 2. The summed E-state index contributed by atoms with van der Waals surface area (Å²) in [6.45, 7) is 0. The van der Waals surface area contributed by atoms with Crippen LogP contribution in [0.5, 0.6) is 11.5 Å². The van der Waals surface area contributed by atoms with Crippen molar-refractivity contribution in [2.75, 3.05) is 7.11 Å². The van der Waals surface area contributed by atoms with Crippen LogP contribution in [0.4, 0.5) is 0 Å². The maximum atomic E-state index is 9.60. The molecule has 19 heavy (non-hydrogen) atoms. The zero-order valence-corrected chi connectivity index (χ0v) is 11.2. The highest BCUT2D eigenvalue weighted by Gasteiger charge is 2.26. The molecule has 0 spiro atoms. The Morgan fingerprint density at radius 1 is 1.26 bits per heavy atom. The number of phenolic OH excluding ortho intramolecular Hbond substituents is 1. The van der Waals surface area contributed by atoms with Crippen LogP contribution in [0.2, 0.25) is 5.15 Å². The maximum Gasteiger partial charge on any atom is 0.161 e. The second-order valence-electron chi connectivity index (χ2n) is 4.60. The Morgan fingerprint density at radius 3 is 2.74 bits per heavy atom. The van der Waals surface area contributed by atoms with Gasteiger partial charge in [0.25, 0.3) is 0 Å². The Balaban J connectivity index is 2.05. The van der Waals surface area contributed by atoms with Gasteiger partial charge in [-0.05, 0) is 37.1 Å². The first kappa shape index (κ1) is 12.2. The molecule has 0 unspecified atom stereocenters. The van der Waals surface area contributed by atoms with Crippen molar-refractivity contribution in [2.24, 2.45) is 0 Å². The summed E-state index contributed by atoms with van der Waals surface area (Å²) in [5.74, 6) is 1.57. The molecule has 0 amide bonds. The van der Waals surface area contributed by atoms with Gasteiger partial charge in [0.2, 0.25) is 0 Å². The normalized spacial score (nSPS) is 14.4. The number of benzene rings is 1. The van der Waals surface area contributed by atoms with Crippen molar-refractivity contribution < 1.29 is 9.84 Å². The van der Waals surface area contributed by atoms with E-state index < -0.39 is 0 Å². The smallest absolute Gasteiger partial charge is 0.161 e. The fourth-order valence-corrected chi connectivity index (χ4v) is 2.16. The first-order valence-corrected chi connectivity index (χ1v) is 6.47. The summed E-state index contributed by atoms with van der Waals surface area (Å²) >= 11 is 6.04. The van der Waals surface area contributed by atoms with E-state index >= 15 is 0 Å². The van der Waals surface area contributed by atoms with E-state index in [2.05, 4.69) is 9.97 Å². The molecule has 5 heteroatoms. The van der Waals surface area contributed by atoms with Crippen molar-refractivity contribution in [3.63, 3.8) is 0 Å². The molecule has 0 bridgehead atoms. The largest absolute Gasteiger partial charge is 0.504 e. The lowest BCUT2D eigenvalue weighted by molar-refractivity contribution is 0.373. The molecule has 1 saturated carbocycles. The number of hydrogen-bond acceptors (Lipinski definition) is 4. The lowest BCUT2D eigenvalue weighted by Crippen LogP contribution is -1.95. The maximum absolute atomic E-state index is 9.60. The van der Waals surface area contributed by atoms with E-state index in [1.54, 1.807) is 18.2 Å². The van der Waals surface area contributed by atoms with Crippen LogP contribution in [0, 0.1) is 0 Å². The van der Waals surface area contributed by atoms with Gasteiger partial charge in [0.1, 0.15) is 5.15 Å². The molecular weight excluding hydrogens is 264 g/mol. The summed E-state index contributed by atoms with van der Waals surface area (Å²) in [4.78, 5) is 8.77. The van der Waals surface area contributed by atoms with E-state index in [4.69, 9.17) is 16.3 Å². The van der Waals surface area contributed by atoms with Crippen LogP contribution in [-0.2, 0) is 0 Å². The molecule has 0 aliphatic heterocycles. The third-order valence-corrected chi connectivity index (χ3v) is 3.34. The highest BCUT2D eigenvalue weighted by atomic mass is 35.5. The average molecular weight is 277 g/mol. The predicted octanol–water partition coefficient (Wildman–Crippen LogP) is 3.39. The molecule has 0 saturated heterocycles. The van der Waals surface area contributed by atoms with Crippen molar-refractivity contribution in [1.29, 1.82) is 0 Å². The third kappa shape index (κ3) is 2.49. The Morgan fingerprint density at radius 2 is 2.05 bits per heavy atom. The zero-order chi connectivity index (χ0) is 13.4. The van der Waals surface area contributed by atoms with E-state index in [0.717, 1.165) is 24.1 Å². The van der Waals surface area contributed by atoms with Gasteiger partial charge in [-0.15, -0.1) is 0 Å². The van der Waals surface area contributed by atoms with E-state index in [9.17, 15) is 5.11 Å². The molecule has 1 aliphatic rings. The first-order chi connectivity index (χ1) is 9.17. The second-order valence-corrected chi connectivity index (χ2v) is 4.99. The molecule has 0 radical (unpaired) electrons. The van der Waals surface area contributed by atoms with Gasteiger partial charge < -0.3 is 9.84 Å². The van der Waals surface area contributed by atoms with Crippen LogP contribution >= 0.6 is 11.6 Å². The fraction of sp³-hybridized carbons (Fsp3) is 0.286. The molecule has 1 N–H and O–H groups in total. The van der Waals surface area contributed by atoms with Crippen LogP contribution in [0.15, 0.2) is 24.3 Å². The van der Waals surface area contributed by atoms with Crippen molar-refractivity contribution >= 4 is 11.6 Å². The number of ether oxygens (including phenoxy) is 1. The minimum atomic E-state index is 0.0932. The molecule has 1 aromatic carbocycles. The van der Waals surface area contributed by atoms with Gasteiger partial charge in [0.05, 0.1) is 7.11 Å². The molecule has 98 valence electrons. The Kier molecular flexibility index (Phi) is 3.03. The SMILES string of the molecule is COc1cc(-c2nc(Cl)cc(C3CC3)n2)ccc1O. The van der Waals surface area contributed by atoms with E-state index in [0.29, 0.717) is 22.6 Å². The Hall–Kier alpha value is -1.81. The van der Waals surface area contributed by atoms with E-state index in [-0.39, 0.29) is 5.75 Å². The zero-order valence-electron chi connectivity index (χ0n) is 10.4. The van der Waals surface area contributed by atoms with Crippen LogP contribution in [0.3, 0.4) is 0 Å². The van der Waals surface area contributed by atoms with Gasteiger partial charge in [0.15, 0.2) is 17.3 Å². The molecule has 3 rings (SSSR count). The molecule has 4 nitrogen and oxygen atoms in total. The van der Waals surface area contributed by atoms with Crippen LogP contribution in [0.1, 0.15) is 24.5 Å². The lowest BCUT2D eigenvalue weighted by Gasteiger charge is -2.07. The average Bonchev–Trinajstić information content (AvgIpc) is 3.23. The Labute approximate surface area is 116 Å². The van der Waals surface area contributed by atoms with Crippen LogP contribution in [-0.4, -0.2) is 22.2 Å². The standard InChI is InChI=1S/C14H13ClN2O2/c1-19-12-6-9(4-5-11(12)18)14-16-10(8-2-3-8)7-13(15)17-14/h4-8,18H,2-3H2,1H3. The second kappa shape index (κ2) is 4.70. The highest BCUT2D eigenvalue weighted by Crippen LogP contribution is 2.40. The molecule has 1 aliphatic carbocycles. The van der Waals surface area contributed by atoms with Gasteiger partial charge in [-0.25, -0.2) is 9.97 Å². The number of phenols is 1. The molecule has 1 aromatic heterocycles. The Bertz CT molecular complexity index is 627. The topological polar surface area (TPSA) is 55.2 Å². The van der Waals surface area contributed by atoms with Crippen molar-refractivity contribution in [3.8, 4) is 22.9 Å². The summed E-state index contributed by atoms with van der Waals surface area (Å²) in [6.07, 6.45) is 2.32. The van der Waals surface area contributed by atoms with Gasteiger partial charge in [0, 0.05) is 17.2 Å².